The summed E-state index contributed by atoms with van der Waals surface area (Å²) in [5.41, 5.74) is -1.91. The Hall–Kier alpha value is -0.363. The molecule has 4 aliphatic rings. The smallest absolute Gasteiger partial charge is 0.403 e. The Morgan fingerprint density at radius 2 is 1.13 bits per heavy atom. The highest BCUT2D eigenvalue weighted by Gasteiger charge is 2.62. The minimum atomic E-state index is -4.27. The van der Waals surface area contributed by atoms with Crippen LogP contribution in [0.1, 0.15) is 118 Å². The van der Waals surface area contributed by atoms with Gasteiger partial charge in [0.25, 0.3) is 0 Å². The summed E-state index contributed by atoms with van der Waals surface area (Å²) in [6.07, 6.45) is 10.9. The molecule has 0 bridgehead atoms. The van der Waals surface area contributed by atoms with Crippen LogP contribution in [0.15, 0.2) is 0 Å². The van der Waals surface area contributed by atoms with E-state index in [1.807, 2.05) is 19.6 Å². The molecule has 2 nitrogen and oxygen atoms in total. The van der Waals surface area contributed by atoms with E-state index >= 15 is 0 Å². The predicted molar refractivity (Wildman–Crippen MR) is 153 cm³/mol. The minimum absolute atomic E-state index is 0.177. The summed E-state index contributed by atoms with van der Waals surface area (Å²) in [6, 6.07) is 0. The van der Waals surface area contributed by atoms with Crippen LogP contribution in [0.4, 0.5) is 13.2 Å². The molecule has 222 valence electrons. The molecule has 0 N–H and O–H groups in total. The zero-order valence-corrected chi connectivity index (χ0v) is 26.5. The largest absolute Gasteiger partial charge is 0.416 e. The molecule has 4 aliphatic carbocycles. The van der Waals surface area contributed by atoms with Gasteiger partial charge < -0.3 is 4.43 Å². The van der Waals surface area contributed by atoms with Crippen molar-refractivity contribution < 1.29 is 22.4 Å². The van der Waals surface area contributed by atoms with Gasteiger partial charge in [0.2, 0.25) is 0 Å². The number of carbonyl (C=O) groups is 1. The Kier molecular flexibility index (Phi) is 11.1. The highest BCUT2D eigenvalue weighted by Crippen LogP contribution is 2.53. The number of hydrogen-bond donors (Lipinski definition) is 0. The van der Waals surface area contributed by atoms with E-state index in [0.29, 0.717) is 24.0 Å². The van der Waals surface area contributed by atoms with E-state index in [0.717, 1.165) is 55.8 Å². The van der Waals surface area contributed by atoms with Gasteiger partial charge in [-0.25, -0.2) is 0 Å². The summed E-state index contributed by atoms with van der Waals surface area (Å²) >= 11 is 0. The van der Waals surface area contributed by atoms with E-state index in [9.17, 15) is 18.0 Å². The second kappa shape index (κ2) is 13.1. The van der Waals surface area contributed by atoms with Crippen molar-refractivity contribution in [3.63, 3.8) is 0 Å². The zero-order valence-electron chi connectivity index (χ0n) is 25.5. The maximum absolute atomic E-state index is 14.1. The first-order chi connectivity index (χ1) is 17.6. The third-order valence-corrected chi connectivity index (χ3v) is 11.7. The topological polar surface area (TPSA) is 26.3 Å². The second-order valence-electron chi connectivity index (χ2n) is 15.0. The van der Waals surface area contributed by atoms with E-state index < -0.39 is 26.0 Å². The molecule has 0 radical (unpaired) electrons. The molecule has 5 atom stereocenters. The molecule has 4 rings (SSSR count). The van der Waals surface area contributed by atoms with Crippen LogP contribution in [0.5, 0.6) is 0 Å². The van der Waals surface area contributed by atoms with E-state index in [1.165, 1.54) is 44.9 Å². The Morgan fingerprint density at radius 1 is 0.684 bits per heavy atom. The van der Waals surface area contributed by atoms with Crippen LogP contribution in [-0.2, 0) is 9.22 Å². The second-order valence-corrected chi connectivity index (χ2v) is 19.4. The lowest BCUT2D eigenvalue weighted by atomic mass is 9.64. The first-order valence-corrected chi connectivity index (χ1v) is 19.3. The maximum Gasteiger partial charge on any atom is 0.416 e. The number of rotatable bonds is 4. The van der Waals surface area contributed by atoms with Gasteiger partial charge in [-0.3, -0.25) is 4.79 Å². The molecule has 5 unspecified atom stereocenters. The van der Waals surface area contributed by atoms with Crippen molar-refractivity contribution in [1.82, 2.24) is 0 Å². The predicted octanol–water partition coefficient (Wildman–Crippen LogP) is 10.2. The molecule has 0 amide bonds. The summed E-state index contributed by atoms with van der Waals surface area (Å²) in [5, 5.41) is 0. The van der Waals surface area contributed by atoms with Crippen molar-refractivity contribution in [2.75, 3.05) is 0 Å². The molecule has 0 spiro atoms. The summed E-state index contributed by atoms with van der Waals surface area (Å²) in [5.74, 6) is 4.36. The van der Waals surface area contributed by atoms with Crippen LogP contribution >= 0.6 is 0 Å². The molecular formula is C32H57F3O2Si. The number of halogens is 3. The lowest BCUT2D eigenvalue weighted by Crippen LogP contribution is -2.60. The van der Waals surface area contributed by atoms with Gasteiger partial charge >= 0.3 is 6.18 Å². The van der Waals surface area contributed by atoms with Gasteiger partial charge in [-0.15, -0.1) is 0 Å². The molecule has 4 fully saturated rings. The Labute approximate surface area is 232 Å². The van der Waals surface area contributed by atoms with Gasteiger partial charge in [0.05, 0.1) is 0 Å². The molecule has 0 heterocycles. The van der Waals surface area contributed by atoms with Crippen molar-refractivity contribution >= 4 is 14.1 Å². The fourth-order valence-electron chi connectivity index (χ4n) is 8.04. The molecule has 0 aromatic rings. The number of carbonyl (C=O) groups excluding carboxylic acids is 1. The van der Waals surface area contributed by atoms with Gasteiger partial charge in [0.15, 0.2) is 13.9 Å². The molecule has 0 aromatic carbocycles. The number of hydrogen-bond acceptors (Lipinski definition) is 2. The lowest BCUT2D eigenvalue weighted by molar-refractivity contribution is -0.284. The van der Waals surface area contributed by atoms with Crippen molar-refractivity contribution in [2.24, 2.45) is 47.3 Å². The van der Waals surface area contributed by atoms with Crippen molar-refractivity contribution in [2.45, 2.75) is 149 Å². The average molecular weight is 559 g/mol. The molecular weight excluding hydrogens is 501 g/mol. The summed E-state index contributed by atoms with van der Waals surface area (Å²) in [4.78, 5) is 11.7. The van der Waals surface area contributed by atoms with Crippen LogP contribution in [0, 0.1) is 47.3 Å². The first-order valence-electron chi connectivity index (χ1n) is 15.9. The molecule has 0 aliphatic heterocycles. The zero-order chi connectivity index (χ0) is 28.3. The Balaban J connectivity index is 0.000000230. The lowest BCUT2D eigenvalue weighted by Gasteiger charge is -2.51. The van der Waals surface area contributed by atoms with Gasteiger partial charge in [-0.05, 0) is 119 Å². The summed E-state index contributed by atoms with van der Waals surface area (Å²) in [7, 11) is -2.28. The summed E-state index contributed by atoms with van der Waals surface area (Å²) in [6.45, 7) is 14.1. The first kappa shape index (κ1) is 32.2. The normalized spacial score (nSPS) is 41.3. The Bertz CT molecular complexity index is 747. The van der Waals surface area contributed by atoms with E-state index in [2.05, 4.69) is 20.8 Å². The van der Waals surface area contributed by atoms with Gasteiger partial charge in [-0.2, -0.15) is 13.2 Å². The van der Waals surface area contributed by atoms with Crippen molar-refractivity contribution in [3.05, 3.63) is 0 Å². The SMILES string of the molecule is CC1CCC(C2CCC(C)C(=O)C2)CC1.CC1CCC(C2CCC(C)C(O[Si](C)(C)C)(C(F)(F)F)C2)CC1. The molecule has 4 saturated carbocycles. The van der Waals surface area contributed by atoms with E-state index in [-0.39, 0.29) is 12.3 Å². The Morgan fingerprint density at radius 3 is 1.58 bits per heavy atom. The van der Waals surface area contributed by atoms with Crippen LogP contribution in [0.3, 0.4) is 0 Å². The van der Waals surface area contributed by atoms with Crippen LogP contribution in [0.25, 0.3) is 0 Å². The van der Waals surface area contributed by atoms with Crippen molar-refractivity contribution in [1.29, 1.82) is 0 Å². The van der Waals surface area contributed by atoms with Gasteiger partial charge in [-0.1, -0.05) is 53.4 Å². The van der Waals surface area contributed by atoms with E-state index in [1.54, 1.807) is 6.92 Å². The number of alkyl halides is 3. The number of ketones is 1. The number of Topliss-reactive ketones (excluding diaryl/α,β-unsaturated/α-hetero) is 1. The molecule has 38 heavy (non-hydrogen) atoms. The molecule has 0 saturated heterocycles. The minimum Gasteiger partial charge on any atom is -0.403 e. The standard InChI is InChI=1S/C18H33F3OSi.C14H24O/c1-13-6-9-15(10-7-13)16-11-8-14(2)17(12-16,18(19,20)21)22-23(3,4)5;1-10-3-6-12(7-4-10)13-8-5-11(2)14(15)9-13/h13-16H,6-12H2,1-5H3;10-13H,3-9H2,1-2H3. The quantitative estimate of drug-likeness (QED) is 0.321. The van der Waals surface area contributed by atoms with Crippen LogP contribution < -0.4 is 0 Å². The van der Waals surface area contributed by atoms with Crippen LogP contribution in [0.2, 0.25) is 19.6 Å². The van der Waals surface area contributed by atoms with Crippen LogP contribution in [-0.4, -0.2) is 25.9 Å². The monoisotopic (exact) mass is 558 g/mol. The third-order valence-electron chi connectivity index (χ3n) is 10.7. The molecule has 0 aromatic heterocycles. The fraction of sp³-hybridized carbons (Fsp3) is 0.969. The third kappa shape index (κ3) is 8.33. The summed E-state index contributed by atoms with van der Waals surface area (Å²) < 4.78 is 48.1. The highest BCUT2D eigenvalue weighted by molar-refractivity contribution is 6.69. The van der Waals surface area contributed by atoms with E-state index in [4.69, 9.17) is 4.43 Å². The average Bonchev–Trinajstić information content (AvgIpc) is 2.82. The van der Waals surface area contributed by atoms with Gasteiger partial charge in [0.1, 0.15) is 5.78 Å². The maximum atomic E-state index is 14.1. The van der Waals surface area contributed by atoms with Crippen molar-refractivity contribution in [3.8, 4) is 0 Å². The fourth-order valence-corrected chi connectivity index (χ4v) is 9.53. The van der Waals surface area contributed by atoms with Gasteiger partial charge in [0, 0.05) is 12.3 Å². The highest BCUT2D eigenvalue weighted by atomic mass is 28.4. The molecule has 6 heteroatoms.